The number of hydrogen-bond acceptors (Lipinski definition) is 3. The van der Waals surface area contributed by atoms with E-state index < -0.39 is 0 Å². The molecule has 0 unspecified atom stereocenters. The third-order valence-electron chi connectivity index (χ3n) is 2.01. The summed E-state index contributed by atoms with van der Waals surface area (Å²) in [6, 6.07) is 3.85. The van der Waals surface area contributed by atoms with Gasteiger partial charge < -0.3 is 9.84 Å². The average molecular weight is 246 g/mol. The van der Waals surface area contributed by atoms with Crippen LogP contribution in [0.5, 0.6) is 0 Å². The number of hydrogen-bond donors (Lipinski definition) is 1. The summed E-state index contributed by atoms with van der Waals surface area (Å²) in [7, 11) is 0. The number of halogens is 1. The molecule has 2 rings (SSSR count). The van der Waals surface area contributed by atoms with E-state index in [1.807, 2.05) is 19.1 Å². The number of nitrogens with zero attached hydrogens (tertiary/aromatic N) is 1. The van der Waals surface area contributed by atoms with Gasteiger partial charge in [0.2, 0.25) is 0 Å². The molecule has 1 aliphatic rings. The Balaban J connectivity index is 0.000000397. The first-order valence-electron chi connectivity index (χ1n) is 5.10. The van der Waals surface area contributed by atoms with Crippen LogP contribution in [0.2, 0.25) is 5.15 Å². The Kier molecular flexibility index (Phi) is 8.16. The van der Waals surface area contributed by atoms with Gasteiger partial charge in [-0.2, -0.15) is 0 Å². The minimum atomic E-state index is 0. The van der Waals surface area contributed by atoms with Crippen LogP contribution in [0.3, 0.4) is 0 Å². The van der Waals surface area contributed by atoms with Crippen LogP contribution in [0.1, 0.15) is 32.0 Å². The highest BCUT2D eigenvalue weighted by Crippen LogP contribution is 2.16. The van der Waals surface area contributed by atoms with Gasteiger partial charge in [0.05, 0.1) is 18.9 Å². The summed E-state index contributed by atoms with van der Waals surface area (Å²) in [5.41, 5.74) is 2.25. The van der Waals surface area contributed by atoms with Crippen molar-refractivity contribution in [3.63, 3.8) is 0 Å². The molecule has 0 aromatic carbocycles. The maximum absolute atomic E-state index is 7.88. The molecule has 16 heavy (non-hydrogen) atoms. The highest BCUT2D eigenvalue weighted by atomic mass is 35.5. The molecule has 0 radical (unpaired) electrons. The Labute approximate surface area is 102 Å². The van der Waals surface area contributed by atoms with Crippen molar-refractivity contribution in [2.45, 2.75) is 33.8 Å². The molecular formula is C12H20ClNO2. The van der Waals surface area contributed by atoms with Gasteiger partial charge in [0.1, 0.15) is 5.15 Å². The van der Waals surface area contributed by atoms with Gasteiger partial charge in [-0.15, -0.1) is 0 Å². The Morgan fingerprint density at radius 1 is 1.50 bits per heavy atom. The van der Waals surface area contributed by atoms with Gasteiger partial charge in [-0.25, -0.2) is 4.98 Å². The summed E-state index contributed by atoms with van der Waals surface area (Å²) >= 11 is 5.71. The molecule has 2 heterocycles. The van der Waals surface area contributed by atoms with E-state index in [1.165, 1.54) is 5.56 Å². The normalized spacial score (nSPS) is 12.9. The summed E-state index contributed by atoms with van der Waals surface area (Å²) in [4.78, 5) is 4.15. The molecule has 1 aliphatic heterocycles. The second-order valence-electron chi connectivity index (χ2n) is 3.27. The van der Waals surface area contributed by atoms with E-state index in [0.29, 0.717) is 18.4 Å². The summed E-state index contributed by atoms with van der Waals surface area (Å²) in [5.74, 6) is 0. The van der Waals surface area contributed by atoms with Crippen molar-refractivity contribution in [1.29, 1.82) is 0 Å². The quantitative estimate of drug-likeness (QED) is 0.774. The van der Waals surface area contributed by atoms with Crippen LogP contribution in [0.4, 0.5) is 0 Å². The fourth-order valence-electron chi connectivity index (χ4n) is 1.21. The number of rotatable bonds is 1. The van der Waals surface area contributed by atoms with Crippen molar-refractivity contribution >= 4 is 11.6 Å². The molecule has 0 fully saturated rings. The van der Waals surface area contributed by atoms with Crippen molar-refractivity contribution in [1.82, 2.24) is 4.98 Å². The highest BCUT2D eigenvalue weighted by Gasteiger charge is 2.09. The third-order valence-corrected chi connectivity index (χ3v) is 2.22. The van der Waals surface area contributed by atoms with Crippen molar-refractivity contribution in [3.8, 4) is 0 Å². The Bertz CT molecular complexity index is 303. The minimum Gasteiger partial charge on any atom is -0.396 e. The zero-order valence-corrected chi connectivity index (χ0v) is 9.63. The molecule has 1 aromatic heterocycles. The predicted octanol–water partition coefficient (Wildman–Crippen LogP) is 2.83. The van der Waals surface area contributed by atoms with E-state index in [0.717, 1.165) is 25.1 Å². The van der Waals surface area contributed by atoms with Crippen LogP contribution in [0.25, 0.3) is 0 Å². The third kappa shape index (κ3) is 4.92. The molecule has 0 aliphatic carbocycles. The van der Waals surface area contributed by atoms with E-state index in [2.05, 4.69) is 4.98 Å². The maximum atomic E-state index is 7.88. The van der Waals surface area contributed by atoms with Crippen LogP contribution in [0.15, 0.2) is 12.1 Å². The lowest BCUT2D eigenvalue weighted by molar-refractivity contribution is 0.107. The van der Waals surface area contributed by atoms with Gasteiger partial charge >= 0.3 is 0 Å². The SMILES string of the molecule is C.CCCO.Clc1ccc2c(n1)COCC2. The van der Waals surface area contributed by atoms with Crippen LogP contribution < -0.4 is 0 Å². The van der Waals surface area contributed by atoms with E-state index in [9.17, 15) is 0 Å². The largest absolute Gasteiger partial charge is 0.396 e. The standard InChI is InChI=1S/C8H8ClNO.C3H8O.CH4/c9-8-2-1-6-3-4-11-5-7(6)10-8;1-2-3-4;/h1-2H,3-5H2;4H,2-3H2,1H3;1H4. The number of pyridine rings is 1. The molecule has 0 saturated heterocycles. The molecule has 4 heteroatoms. The molecule has 0 saturated carbocycles. The average Bonchev–Trinajstić information content (AvgIpc) is 2.29. The van der Waals surface area contributed by atoms with Crippen molar-refractivity contribution in [3.05, 3.63) is 28.5 Å². The van der Waals surface area contributed by atoms with Crippen molar-refractivity contribution < 1.29 is 9.84 Å². The second-order valence-corrected chi connectivity index (χ2v) is 3.65. The van der Waals surface area contributed by atoms with Gasteiger partial charge in [-0.1, -0.05) is 32.0 Å². The van der Waals surface area contributed by atoms with Crippen molar-refractivity contribution in [2.24, 2.45) is 0 Å². The van der Waals surface area contributed by atoms with E-state index in [1.54, 1.807) is 0 Å². The molecular weight excluding hydrogens is 226 g/mol. The van der Waals surface area contributed by atoms with Crippen LogP contribution in [-0.2, 0) is 17.8 Å². The maximum Gasteiger partial charge on any atom is 0.129 e. The monoisotopic (exact) mass is 245 g/mol. The highest BCUT2D eigenvalue weighted by molar-refractivity contribution is 6.29. The topological polar surface area (TPSA) is 42.4 Å². The molecule has 1 aromatic rings. The van der Waals surface area contributed by atoms with E-state index in [4.69, 9.17) is 21.4 Å². The number of fused-ring (bicyclic) bond motifs is 1. The van der Waals surface area contributed by atoms with Gasteiger partial charge in [-0.05, 0) is 24.5 Å². The molecule has 0 bridgehead atoms. The Morgan fingerprint density at radius 3 is 2.81 bits per heavy atom. The number of ether oxygens (including phenoxy) is 1. The first kappa shape index (κ1) is 15.4. The zero-order valence-electron chi connectivity index (χ0n) is 8.87. The lowest BCUT2D eigenvalue weighted by Gasteiger charge is -2.14. The van der Waals surface area contributed by atoms with E-state index >= 15 is 0 Å². The minimum absolute atomic E-state index is 0. The summed E-state index contributed by atoms with van der Waals surface area (Å²) in [6.45, 7) is 3.66. The molecule has 1 N–H and O–H groups in total. The number of aromatic nitrogens is 1. The molecule has 3 nitrogen and oxygen atoms in total. The first-order valence-corrected chi connectivity index (χ1v) is 5.48. The van der Waals surface area contributed by atoms with Crippen molar-refractivity contribution in [2.75, 3.05) is 13.2 Å². The zero-order chi connectivity index (χ0) is 11.1. The smallest absolute Gasteiger partial charge is 0.129 e. The van der Waals surface area contributed by atoms with E-state index in [-0.39, 0.29) is 7.43 Å². The predicted molar refractivity (Wildman–Crippen MR) is 66.7 cm³/mol. The summed E-state index contributed by atoms with van der Waals surface area (Å²) in [5, 5.41) is 8.43. The fourth-order valence-corrected chi connectivity index (χ4v) is 1.37. The molecule has 0 atom stereocenters. The Morgan fingerprint density at radius 2 is 2.19 bits per heavy atom. The lowest BCUT2D eigenvalue weighted by atomic mass is 10.1. The van der Waals surface area contributed by atoms with Gasteiger partial charge in [0.15, 0.2) is 0 Å². The second kappa shape index (κ2) is 8.50. The van der Waals surface area contributed by atoms with Gasteiger partial charge in [0.25, 0.3) is 0 Å². The number of aliphatic hydroxyl groups excluding tert-OH is 1. The summed E-state index contributed by atoms with van der Waals surface area (Å²) in [6.07, 6.45) is 1.83. The van der Waals surface area contributed by atoms with Crippen LogP contribution in [-0.4, -0.2) is 23.3 Å². The number of aliphatic hydroxyl groups is 1. The first-order chi connectivity index (χ1) is 7.27. The van der Waals surface area contributed by atoms with Gasteiger partial charge in [0, 0.05) is 6.61 Å². The molecule has 92 valence electrons. The summed E-state index contributed by atoms with van der Waals surface area (Å²) < 4.78 is 5.23. The van der Waals surface area contributed by atoms with Crippen LogP contribution in [0, 0.1) is 0 Å². The lowest BCUT2D eigenvalue weighted by Crippen LogP contribution is -2.11. The Hall–Kier alpha value is -0.640. The van der Waals surface area contributed by atoms with Crippen LogP contribution >= 0.6 is 11.6 Å². The molecule has 0 amide bonds. The molecule has 0 spiro atoms. The fraction of sp³-hybridized carbons (Fsp3) is 0.583. The van der Waals surface area contributed by atoms with Gasteiger partial charge in [-0.3, -0.25) is 0 Å².